The van der Waals surface area contributed by atoms with Crippen molar-refractivity contribution in [2.45, 2.75) is 52.1 Å². The first-order valence-electron chi connectivity index (χ1n) is 10.1. The van der Waals surface area contributed by atoms with Gasteiger partial charge in [-0.05, 0) is 25.7 Å². The molecule has 1 aliphatic carbocycles. The van der Waals surface area contributed by atoms with Gasteiger partial charge in [-0.2, -0.15) is 0 Å². The third-order valence-electron chi connectivity index (χ3n) is 4.87. The standard InChI is InChI=1S/C19H32N6O2/c1-4-20-19(21-12-16-11-17(14(2)3)23-27-16)25-9-7-24(8-10-25)13-18(26)22-15-5-6-15/h11,14-15H,4-10,12-13H2,1-3H3,(H,20,21)(H,22,26). The van der Waals surface area contributed by atoms with E-state index in [-0.39, 0.29) is 5.91 Å². The maximum Gasteiger partial charge on any atom is 0.234 e. The molecule has 3 rings (SSSR count). The predicted octanol–water partition coefficient (Wildman–Crippen LogP) is 1.16. The maximum atomic E-state index is 12.0. The Morgan fingerprint density at radius 3 is 2.67 bits per heavy atom. The van der Waals surface area contributed by atoms with Gasteiger partial charge in [0.25, 0.3) is 0 Å². The minimum atomic E-state index is 0.151. The van der Waals surface area contributed by atoms with Crippen molar-refractivity contribution in [1.82, 2.24) is 25.6 Å². The smallest absolute Gasteiger partial charge is 0.234 e. The van der Waals surface area contributed by atoms with Crippen LogP contribution in [0.15, 0.2) is 15.6 Å². The molecule has 2 fully saturated rings. The van der Waals surface area contributed by atoms with Gasteiger partial charge < -0.3 is 20.1 Å². The second kappa shape index (κ2) is 9.21. The molecule has 150 valence electrons. The fourth-order valence-corrected chi connectivity index (χ4v) is 3.08. The summed E-state index contributed by atoms with van der Waals surface area (Å²) in [6.07, 6.45) is 2.26. The van der Waals surface area contributed by atoms with Crippen molar-refractivity contribution in [1.29, 1.82) is 0 Å². The fourth-order valence-electron chi connectivity index (χ4n) is 3.08. The first kappa shape index (κ1) is 19.7. The molecule has 27 heavy (non-hydrogen) atoms. The molecule has 8 nitrogen and oxygen atoms in total. The van der Waals surface area contributed by atoms with Crippen LogP contribution in [0.2, 0.25) is 0 Å². The zero-order valence-corrected chi connectivity index (χ0v) is 16.7. The van der Waals surface area contributed by atoms with E-state index in [1.807, 2.05) is 6.07 Å². The number of amides is 1. The molecule has 1 aliphatic heterocycles. The highest BCUT2D eigenvalue weighted by Crippen LogP contribution is 2.18. The van der Waals surface area contributed by atoms with E-state index >= 15 is 0 Å². The van der Waals surface area contributed by atoms with Gasteiger partial charge in [0.2, 0.25) is 5.91 Å². The van der Waals surface area contributed by atoms with E-state index in [1.54, 1.807) is 0 Å². The van der Waals surface area contributed by atoms with Gasteiger partial charge in [0, 0.05) is 44.8 Å². The van der Waals surface area contributed by atoms with Crippen molar-refractivity contribution < 1.29 is 9.32 Å². The number of rotatable bonds is 7. The van der Waals surface area contributed by atoms with E-state index in [4.69, 9.17) is 9.52 Å². The molecule has 1 saturated heterocycles. The van der Waals surface area contributed by atoms with Crippen LogP contribution in [0.5, 0.6) is 0 Å². The van der Waals surface area contributed by atoms with Gasteiger partial charge in [-0.3, -0.25) is 9.69 Å². The van der Waals surface area contributed by atoms with Gasteiger partial charge in [0.15, 0.2) is 11.7 Å². The highest BCUT2D eigenvalue weighted by atomic mass is 16.5. The summed E-state index contributed by atoms with van der Waals surface area (Å²) in [4.78, 5) is 21.1. The topological polar surface area (TPSA) is 86.0 Å². The Morgan fingerprint density at radius 2 is 2.07 bits per heavy atom. The summed E-state index contributed by atoms with van der Waals surface area (Å²) in [5.41, 5.74) is 0.961. The number of carbonyl (C=O) groups excluding carboxylic acids is 1. The molecule has 2 heterocycles. The number of hydrogen-bond donors (Lipinski definition) is 2. The van der Waals surface area contributed by atoms with Crippen molar-refractivity contribution >= 4 is 11.9 Å². The van der Waals surface area contributed by atoms with Gasteiger partial charge in [-0.1, -0.05) is 19.0 Å². The van der Waals surface area contributed by atoms with Crippen LogP contribution >= 0.6 is 0 Å². The molecular formula is C19H32N6O2. The molecule has 0 aromatic carbocycles. The van der Waals surface area contributed by atoms with Crippen LogP contribution in [0, 0.1) is 0 Å². The molecule has 1 amide bonds. The van der Waals surface area contributed by atoms with Gasteiger partial charge in [-0.15, -0.1) is 0 Å². The van der Waals surface area contributed by atoms with E-state index < -0.39 is 0 Å². The lowest BCUT2D eigenvalue weighted by molar-refractivity contribution is -0.122. The second-order valence-electron chi connectivity index (χ2n) is 7.65. The Balaban J connectivity index is 1.49. The lowest BCUT2D eigenvalue weighted by Gasteiger charge is -2.36. The first-order chi connectivity index (χ1) is 13.0. The summed E-state index contributed by atoms with van der Waals surface area (Å²) < 4.78 is 5.38. The Morgan fingerprint density at radius 1 is 1.33 bits per heavy atom. The molecule has 2 aliphatic rings. The van der Waals surface area contributed by atoms with Crippen LogP contribution in [-0.2, 0) is 11.3 Å². The van der Waals surface area contributed by atoms with Crippen molar-refractivity contribution in [3.8, 4) is 0 Å². The summed E-state index contributed by atoms with van der Waals surface area (Å²) in [6, 6.07) is 2.41. The van der Waals surface area contributed by atoms with E-state index in [1.165, 1.54) is 0 Å². The molecule has 0 bridgehead atoms. The third kappa shape index (κ3) is 5.95. The predicted molar refractivity (Wildman–Crippen MR) is 105 cm³/mol. The highest BCUT2D eigenvalue weighted by Gasteiger charge is 2.26. The molecule has 0 spiro atoms. The summed E-state index contributed by atoms with van der Waals surface area (Å²) in [6.45, 7) is 11.5. The van der Waals surface area contributed by atoms with Crippen LogP contribution in [0.1, 0.15) is 51.0 Å². The molecule has 0 radical (unpaired) electrons. The molecule has 0 unspecified atom stereocenters. The molecule has 8 heteroatoms. The van der Waals surface area contributed by atoms with E-state index in [0.29, 0.717) is 25.0 Å². The summed E-state index contributed by atoms with van der Waals surface area (Å²) in [5, 5.41) is 10.5. The largest absolute Gasteiger partial charge is 0.359 e. The average molecular weight is 377 g/mol. The van der Waals surface area contributed by atoms with Gasteiger partial charge in [-0.25, -0.2) is 4.99 Å². The molecule has 1 aromatic rings. The number of piperazine rings is 1. The summed E-state index contributed by atoms with van der Waals surface area (Å²) in [7, 11) is 0. The molecule has 0 atom stereocenters. The summed E-state index contributed by atoms with van der Waals surface area (Å²) in [5.74, 6) is 2.18. The van der Waals surface area contributed by atoms with Crippen molar-refractivity contribution in [3.05, 3.63) is 17.5 Å². The van der Waals surface area contributed by atoms with Gasteiger partial charge in [0.05, 0.1) is 12.2 Å². The van der Waals surface area contributed by atoms with Crippen LogP contribution in [0.4, 0.5) is 0 Å². The number of nitrogens with zero attached hydrogens (tertiary/aromatic N) is 4. The minimum Gasteiger partial charge on any atom is -0.359 e. The average Bonchev–Trinajstić information content (AvgIpc) is 3.32. The number of carbonyl (C=O) groups is 1. The zero-order chi connectivity index (χ0) is 19.2. The van der Waals surface area contributed by atoms with Gasteiger partial charge in [0.1, 0.15) is 6.54 Å². The number of aliphatic imine (C=N–C) groups is 1. The number of guanidine groups is 1. The Hall–Kier alpha value is -2.09. The first-order valence-corrected chi connectivity index (χ1v) is 10.1. The van der Waals surface area contributed by atoms with E-state index in [0.717, 1.165) is 63.0 Å². The maximum absolute atomic E-state index is 12.0. The molecule has 1 aromatic heterocycles. The Bertz CT molecular complexity index is 644. The molecule has 2 N–H and O–H groups in total. The summed E-state index contributed by atoms with van der Waals surface area (Å²) >= 11 is 0. The monoisotopic (exact) mass is 376 g/mol. The fraction of sp³-hybridized carbons (Fsp3) is 0.737. The Kier molecular flexibility index (Phi) is 6.71. The van der Waals surface area contributed by atoms with Crippen LogP contribution < -0.4 is 10.6 Å². The molecule has 1 saturated carbocycles. The van der Waals surface area contributed by atoms with Crippen LogP contribution in [-0.4, -0.2) is 72.1 Å². The minimum absolute atomic E-state index is 0.151. The second-order valence-corrected chi connectivity index (χ2v) is 7.65. The van der Waals surface area contributed by atoms with Crippen molar-refractivity contribution in [3.63, 3.8) is 0 Å². The van der Waals surface area contributed by atoms with Crippen molar-refractivity contribution in [2.75, 3.05) is 39.3 Å². The van der Waals surface area contributed by atoms with E-state index in [2.05, 4.69) is 46.4 Å². The number of aromatic nitrogens is 1. The zero-order valence-electron chi connectivity index (χ0n) is 16.7. The van der Waals surface area contributed by atoms with Gasteiger partial charge >= 0.3 is 0 Å². The molecular weight excluding hydrogens is 344 g/mol. The third-order valence-corrected chi connectivity index (χ3v) is 4.87. The Labute approximate surface area is 161 Å². The SMILES string of the molecule is CCNC(=NCc1cc(C(C)C)no1)N1CCN(CC(=O)NC2CC2)CC1. The lowest BCUT2D eigenvalue weighted by Crippen LogP contribution is -2.54. The van der Waals surface area contributed by atoms with E-state index in [9.17, 15) is 4.79 Å². The normalized spacial score (nSPS) is 18.8. The number of hydrogen-bond acceptors (Lipinski definition) is 5. The lowest BCUT2D eigenvalue weighted by atomic mass is 10.1. The highest BCUT2D eigenvalue weighted by molar-refractivity contribution is 5.80. The van der Waals surface area contributed by atoms with Crippen molar-refractivity contribution in [2.24, 2.45) is 4.99 Å². The quantitative estimate of drug-likeness (QED) is 0.549. The number of nitrogens with one attached hydrogen (secondary N) is 2. The van der Waals surface area contributed by atoms with Crippen LogP contribution in [0.25, 0.3) is 0 Å². The van der Waals surface area contributed by atoms with Crippen LogP contribution in [0.3, 0.4) is 0 Å².